The fourth-order valence-electron chi connectivity index (χ4n) is 4.65. The van der Waals surface area contributed by atoms with Crippen molar-refractivity contribution in [3.8, 4) is 5.75 Å². The van der Waals surface area contributed by atoms with Crippen molar-refractivity contribution in [1.82, 2.24) is 10.2 Å². The Balaban J connectivity index is 1.89. The van der Waals surface area contributed by atoms with Crippen molar-refractivity contribution in [3.05, 3.63) is 95.6 Å². The van der Waals surface area contributed by atoms with E-state index in [1.165, 1.54) is 11.4 Å². The van der Waals surface area contributed by atoms with Crippen LogP contribution in [0.3, 0.4) is 0 Å². The van der Waals surface area contributed by atoms with E-state index in [-0.39, 0.29) is 43.8 Å². The number of nitrogens with one attached hydrogen (secondary N) is 1. The maximum absolute atomic E-state index is 13.9. The van der Waals surface area contributed by atoms with Crippen LogP contribution in [0.2, 0.25) is 0 Å². The lowest BCUT2D eigenvalue weighted by Gasteiger charge is -2.32. The van der Waals surface area contributed by atoms with Gasteiger partial charge >= 0.3 is 0 Å². The average Bonchev–Trinajstić information content (AvgIpc) is 2.97. The molecule has 0 spiro atoms. The predicted octanol–water partition coefficient (Wildman–Crippen LogP) is 5.10. The van der Waals surface area contributed by atoms with Crippen LogP contribution >= 0.6 is 0 Å². The predicted molar refractivity (Wildman–Crippen MR) is 168 cm³/mol. The van der Waals surface area contributed by atoms with Gasteiger partial charge in [0.1, 0.15) is 11.8 Å². The van der Waals surface area contributed by atoms with Crippen LogP contribution in [-0.2, 0) is 32.6 Å². The third-order valence-electron chi connectivity index (χ3n) is 7.24. The number of benzene rings is 3. The lowest BCUT2D eigenvalue weighted by Crippen LogP contribution is -2.52. The summed E-state index contributed by atoms with van der Waals surface area (Å²) in [7, 11) is -2.09. The molecular weight excluding hydrogens is 550 g/mol. The second kappa shape index (κ2) is 15.4. The summed E-state index contributed by atoms with van der Waals surface area (Å²) in [5.41, 5.74) is 3.43. The number of anilines is 1. The van der Waals surface area contributed by atoms with E-state index in [4.69, 9.17) is 4.74 Å². The summed E-state index contributed by atoms with van der Waals surface area (Å²) in [5.74, 6) is 0.121. The summed E-state index contributed by atoms with van der Waals surface area (Å²) >= 11 is 0. The molecule has 0 aliphatic rings. The summed E-state index contributed by atoms with van der Waals surface area (Å²) < 4.78 is 31.9. The van der Waals surface area contributed by atoms with E-state index < -0.39 is 16.1 Å². The van der Waals surface area contributed by atoms with Gasteiger partial charge in [-0.05, 0) is 49.9 Å². The lowest BCUT2D eigenvalue weighted by atomic mass is 10.0. The molecule has 0 aliphatic carbocycles. The second-order valence-corrected chi connectivity index (χ2v) is 12.6. The maximum Gasteiger partial charge on any atom is 0.243 e. The van der Waals surface area contributed by atoms with Crippen LogP contribution in [0, 0.1) is 6.92 Å². The molecule has 0 fully saturated rings. The van der Waals surface area contributed by atoms with Crippen LogP contribution in [0.4, 0.5) is 5.69 Å². The normalized spacial score (nSPS) is 12.7. The molecular formula is C33H43N3O5S. The number of carbonyl (C=O) groups is 2. The van der Waals surface area contributed by atoms with Crippen molar-refractivity contribution in [2.75, 3.05) is 24.2 Å². The summed E-state index contributed by atoms with van der Waals surface area (Å²) in [6, 6.07) is 23.6. The molecule has 0 unspecified atom stereocenters. The zero-order valence-electron chi connectivity index (χ0n) is 25.2. The topological polar surface area (TPSA) is 96.0 Å². The number of hydrogen-bond acceptors (Lipinski definition) is 5. The number of carbonyl (C=O) groups excluding carboxylic acids is 2. The first-order valence-electron chi connectivity index (χ1n) is 14.3. The molecule has 0 bridgehead atoms. The van der Waals surface area contributed by atoms with E-state index in [0.717, 1.165) is 29.4 Å². The zero-order chi connectivity index (χ0) is 30.7. The Morgan fingerprint density at radius 2 is 1.64 bits per heavy atom. The summed E-state index contributed by atoms with van der Waals surface area (Å²) in [5, 5.41) is 3.07. The van der Waals surface area contributed by atoms with E-state index in [0.29, 0.717) is 17.9 Å². The smallest absolute Gasteiger partial charge is 0.243 e. The van der Waals surface area contributed by atoms with Crippen LogP contribution in [0.5, 0.6) is 5.75 Å². The minimum absolute atomic E-state index is 0.0433. The third kappa shape index (κ3) is 9.62. The molecule has 42 heavy (non-hydrogen) atoms. The molecule has 3 rings (SSSR count). The Bertz CT molecular complexity index is 1410. The first kappa shape index (κ1) is 32.7. The Hall–Kier alpha value is -3.85. The van der Waals surface area contributed by atoms with Gasteiger partial charge in [-0.15, -0.1) is 0 Å². The molecule has 0 saturated heterocycles. The number of amides is 2. The fourth-order valence-corrected chi connectivity index (χ4v) is 5.61. The number of methoxy groups -OCH3 is 1. The van der Waals surface area contributed by atoms with Crippen molar-refractivity contribution in [3.63, 3.8) is 0 Å². The second-order valence-electron chi connectivity index (χ2n) is 10.7. The van der Waals surface area contributed by atoms with E-state index in [2.05, 4.69) is 5.32 Å². The monoisotopic (exact) mass is 593 g/mol. The molecule has 3 aromatic rings. The molecule has 2 atom stereocenters. The molecule has 2 amide bonds. The van der Waals surface area contributed by atoms with Crippen LogP contribution in [0.25, 0.3) is 0 Å². The minimum Gasteiger partial charge on any atom is -0.497 e. The van der Waals surface area contributed by atoms with Gasteiger partial charge in [-0.1, -0.05) is 73.2 Å². The summed E-state index contributed by atoms with van der Waals surface area (Å²) in [6.07, 6.45) is 2.62. The molecule has 9 heteroatoms. The van der Waals surface area contributed by atoms with Gasteiger partial charge in [0, 0.05) is 38.0 Å². The maximum atomic E-state index is 13.9. The van der Waals surface area contributed by atoms with E-state index in [1.54, 1.807) is 29.2 Å². The van der Waals surface area contributed by atoms with Gasteiger partial charge < -0.3 is 15.0 Å². The highest BCUT2D eigenvalue weighted by Crippen LogP contribution is 2.24. The van der Waals surface area contributed by atoms with Gasteiger partial charge in [0.2, 0.25) is 21.8 Å². The first-order valence-corrected chi connectivity index (χ1v) is 16.2. The number of ether oxygens (including phenoxy) is 1. The fraction of sp³-hybridized carbons (Fsp3) is 0.394. The van der Waals surface area contributed by atoms with Gasteiger partial charge in [-0.3, -0.25) is 13.9 Å². The van der Waals surface area contributed by atoms with Gasteiger partial charge in [0.25, 0.3) is 0 Å². The van der Waals surface area contributed by atoms with E-state index >= 15 is 0 Å². The quantitative estimate of drug-likeness (QED) is 0.264. The van der Waals surface area contributed by atoms with Crippen LogP contribution in [0.15, 0.2) is 78.9 Å². The molecule has 0 heterocycles. The highest BCUT2D eigenvalue weighted by molar-refractivity contribution is 7.92. The van der Waals surface area contributed by atoms with Crippen molar-refractivity contribution < 1.29 is 22.7 Å². The van der Waals surface area contributed by atoms with Crippen LogP contribution in [0.1, 0.15) is 49.8 Å². The van der Waals surface area contributed by atoms with Gasteiger partial charge in [0.15, 0.2) is 0 Å². The molecule has 3 aromatic carbocycles. The Morgan fingerprint density at radius 3 is 2.26 bits per heavy atom. The number of nitrogens with zero attached hydrogens (tertiary/aromatic N) is 2. The van der Waals surface area contributed by atoms with Crippen LogP contribution in [-0.4, -0.2) is 57.1 Å². The Morgan fingerprint density at radius 1 is 0.952 bits per heavy atom. The van der Waals surface area contributed by atoms with Crippen molar-refractivity contribution in [1.29, 1.82) is 0 Å². The minimum atomic E-state index is -3.61. The molecule has 0 aliphatic heterocycles. The third-order valence-corrected chi connectivity index (χ3v) is 8.43. The Labute approximate surface area is 250 Å². The average molecular weight is 594 g/mol. The summed E-state index contributed by atoms with van der Waals surface area (Å²) in [6.45, 7) is 6.32. The number of aryl methyl sites for hydroxylation is 1. The first-order chi connectivity index (χ1) is 20.0. The zero-order valence-corrected chi connectivity index (χ0v) is 26.1. The van der Waals surface area contributed by atoms with Gasteiger partial charge in [-0.25, -0.2) is 8.42 Å². The molecule has 226 valence electrons. The van der Waals surface area contributed by atoms with Crippen molar-refractivity contribution in [2.24, 2.45) is 0 Å². The molecule has 0 radical (unpaired) electrons. The highest BCUT2D eigenvalue weighted by atomic mass is 32.2. The summed E-state index contributed by atoms with van der Waals surface area (Å²) in [4.78, 5) is 29.2. The largest absolute Gasteiger partial charge is 0.497 e. The number of hydrogen-bond donors (Lipinski definition) is 1. The standard InChI is InChI=1S/C33H43N3O5S/c1-6-26(3)34-33(38)31(22-27-12-8-7-9-13-27)35(24-28-19-17-25(2)18-20-28)32(37)16-11-21-36(42(5,39)40)29-14-10-15-30(23-29)41-4/h7-10,12-15,17-20,23,26,31H,6,11,16,21-22,24H2,1-5H3,(H,34,38)/t26-,31+/m0/s1. The van der Waals surface area contributed by atoms with Gasteiger partial charge in [-0.2, -0.15) is 0 Å². The lowest BCUT2D eigenvalue weighted by molar-refractivity contribution is -0.141. The van der Waals surface area contributed by atoms with E-state index in [9.17, 15) is 18.0 Å². The number of rotatable bonds is 15. The molecule has 8 nitrogen and oxygen atoms in total. The molecule has 1 N–H and O–H groups in total. The Kier molecular flexibility index (Phi) is 12.0. The molecule has 0 saturated carbocycles. The SMILES string of the molecule is CC[C@H](C)NC(=O)[C@@H](Cc1ccccc1)N(Cc1ccc(C)cc1)C(=O)CCCN(c1cccc(OC)c1)S(C)(=O)=O. The van der Waals surface area contributed by atoms with Crippen molar-refractivity contribution in [2.45, 2.75) is 65.1 Å². The highest BCUT2D eigenvalue weighted by Gasteiger charge is 2.31. The van der Waals surface area contributed by atoms with Gasteiger partial charge in [0.05, 0.1) is 19.1 Å². The van der Waals surface area contributed by atoms with E-state index in [1.807, 2.05) is 75.4 Å². The molecule has 0 aromatic heterocycles. The van der Waals surface area contributed by atoms with Crippen LogP contribution < -0.4 is 14.4 Å². The van der Waals surface area contributed by atoms with Crippen molar-refractivity contribution >= 4 is 27.5 Å². The number of sulfonamides is 1.